The fourth-order valence-electron chi connectivity index (χ4n) is 1.60. The Kier molecular flexibility index (Phi) is 4.86. The van der Waals surface area contributed by atoms with Crippen LogP contribution in [0.2, 0.25) is 0 Å². The Labute approximate surface area is 125 Å². The van der Waals surface area contributed by atoms with E-state index in [0.29, 0.717) is 10.7 Å². The Balaban J connectivity index is 2.43. The Hall–Kier alpha value is -1.73. The lowest BCUT2D eigenvalue weighted by molar-refractivity contribution is 0.318. The molecule has 7 heteroatoms. The van der Waals surface area contributed by atoms with Crippen molar-refractivity contribution >= 4 is 29.4 Å². The Morgan fingerprint density at radius 3 is 2.50 bits per heavy atom. The molecule has 5 nitrogen and oxygen atoms in total. The lowest BCUT2D eigenvalue weighted by atomic mass is 10.2. The minimum absolute atomic E-state index is 0.0876. The van der Waals surface area contributed by atoms with Gasteiger partial charge in [0.15, 0.2) is 11.0 Å². The Morgan fingerprint density at radius 1 is 1.25 bits per heavy atom. The lowest BCUT2D eigenvalue weighted by Gasteiger charge is -2.11. The molecule has 0 saturated carbocycles. The number of hydrogen-bond acceptors (Lipinski definition) is 6. The highest BCUT2D eigenvalue weighted by Gasteiger charge is 2.14. The van der Waals surface area contributed by atoms with E-state index in [9.17, 15) is 0 Å². The van der Waals surface area contributed by atoms with E-state index in [1.807, 2.05) is 31.4 Å². The van der Waals surface area contributed by atoms with E-state index in [1.165, 1.54) is 11.8 Å². The first-order valence-corrected chi connectivity index (χ1v) is 7.81. The average molecular weight is 306 g/mol. The van der Waals surface area contributed by atoms with Gasteiger partial charge in [-0.25, -0.2) is 9.97 Å². The van der Waals surface area contributed by atoms with Crippen molar-refractivity contribution in [2.24, 2.45) is 10.9 Å². The van der Waals surface area contributed by atoms with Crippen LogP contribution in [0.15, 0.2) is 50.7 Å². The van der Waals surface area contributed by atoms with Crippen molar-refractivity contribution in [1.82, 2.24) is 9.97 Å². The van der Waals surface area contributed by atoms with Gasteiger partial charge in [-0.2, -0.15) is 0 Å². The maximum absolute atomic E-state index is 8.95. The maximum atomic E-state index is 8.95. The van der Waals surface area contributed by atoms with Crippen LogP contribution in [0.25, 0.3) is 0 Å². The van der Waals surface area contributed by atoms with Gasteiger partial charge in [0.2, 0.25) is 0 Å². The number of aryl methyl sites for hydroxylation is 1. The summed E-state index contributed by atoms with van der Waals surface area (Å²) in [4.78, 5) is 10.3. The SMILES string of the molecule is CSc1cccc(Sc2ncc(C)cn2)c1/C(N)=N/O. The summed E-state index contributed by atoms with van der Waals surface area (Å²) in [6, 6.07) is 5.76. The third kappa shape index (κ3) is 3.23. The van der Waals surface area contributed by atoms with Crippen LogP contribution in [-0.2, 0) is 0 Å². The zero-order valence-corrected chi connectivity index (χ0v) is 12.7. The first-order valence-electron chi connectivity index (χ1n) is 5.77. The van der Waals surface area contributed by atoms with E-state index < -0.39 is 0 Å². The first kappa shape index (κ1) is 14.7. The second-order valence-corrected chi connectivity index (χ2v) is 5.82. The van der Waals surface area contributed by atoms with E-state index >= 15 is 0 Å². The van der Waals surface area contributed by atoms with Crippen LogP contribution in [0.5, 0.6) is 0 Å². The highest BCUT2D eigenvalue weighted by Crippen LogP contribution is 2.33. The van der Waals surface area contributed by atoms with E-state index in [2.05, 4.69) is 15.1 Å². The minimum Gasteiger partial charge on any atom is -0.409 e. The van der Waals surface area contributed by atoms with E-state index in [-0.39, 0.29) is 5.84 Å². The van der Waals surface area contributed by atoms with Gasteiger partial charge in [0, 0.05) is 27.7 Å². The number of nitrogens with two attached hydrogens (primary N) is 1. The van der Waals surface area contributed by atoms with Crippen molar-refractivity contribution in [3.63, 3.8) is 0 Å². The summed E-state index contributed by atoms with van der Waals surface area (Å²) >= 11 is 2.93. The van der Waals surface area contributed by atoms with Gasteiger partial charge in [-0.15, -0.1) is 11.8 Å². The molecule has 0 amide bonds. The van der Waals surface area contributed by atoms with Gasteiger partial charge in [-0.1, -0.05) is 11.2 Å². The van der Waals surface area contributed by atoms with Crippen LogP contribution in [0.3, 0.4) is 0 Å². The zero-order valence-electron chi connectivity index (χ0n) is 11.1. The molecule has 3 N–H and O–H groups in total. The van der Waals surface area contributed by atoms with E-state index in [0.717, 1.165) is 15.4 Å². The summed E-state index contributed by atoms with van der Waals surface area (Å²) in [5.74, 6) is 0.0876. The van der Waals surface area contributed by atoms with Gasteiger partial charge in [0.05, 0.1) is 0 Å². The smallest absolute Gasteiger partial charge is 0.192 e. The van der Waals surface area contributed by atoms with E-state index in [4.69, 9.17) is 10.9 Å². The molecule has 1 heterocycles. The van der Waals surface area contributed by atoms with Crippen LogP contribution in [0.4, 0.5) is 0 Å². The van der Waals surface area contributed by atoms with Crippen LogP contribution in [-0.4, -0.2) is 27.3 Å². The molecular formula is C13H14N4OS2. The zero-order chi connectivity index (χ0) is 14.5. The molecule has 0 aliphatic carbocycles. The lowest BCUT2D eigenvalue weighted by Crippen LogP contribution is -2.15. The minimum atomic E-state index is 0.0876. The molecule has 0 aliphatic rings. The molecule has 0 atom stereocenters. The van der Waals surface area contributed by atoms with Crippen molar-refractivity contribution < 1.29 is 5.21 Å². The molecule has 104 valence electrons. The molecule has 0 bridgehead atoms. The molecule has 1 aromatic heterocycles. The van der Waals surface area contributed by atoms with Gasteiger partial charge in [0.1, 0.15) is 0 Å². The van der Waals surface area contributed by atoms with Crippen LogP contribution < -0.4 is 5.73 Å². The van der Waals surface area contributed by atoms with Crippen LogP contribution in [0, 0.1) is 6.92 Å². The topological polar surface area (TPSA) is 84.4 Å². The third-order valence-electron chi connectivity index (χ3n) is 2.53. The fourth-order valence-corrected chi connectivity index (χ4v) is 3.17. The van der Waals surface area contributed by atoms with Crippen molar-refractivity contribution in [3.8, 4) is 0 Å². The number of oxime groups is 1. The second-order valence-electron chi connectivity index (χ2n) is 3.96. The van der Waals surface area contributed by atoms with Crippen LogP contribution >= 0.6 is 23.5 Å². The van der Waals surface area contributed by atoms with Crippen molar-refractivity contribution in [2.75, 3.05) is 6.26 Å². The summed E-state index contributed by atoms with van der Waals surface area (Å²) in [5, 5.41) is 12.7. The summed E-state index contributed by atoms with van der Waals surface area (Å²) in [7, 11) is 0. The molecule has 0 unspecified atom stereocenters. The summed E-state index contributed by atoms with van der Waals surface area (Å²) < 4.78 is 0. The van der Waals surface area contributed by atoms with Gasteiger partial charge in [-0.3, -0.25) is 0 Å². The predicted molar refractivity (Wildman–Crippen MR) is 81.6 cm³/mol. The Morgan fingerprint density at radius 2 is 1.90 bits per heavy atom. The Bertz CT molecular complexity index is 629. The quantitative estimate of drug-likeness (QED) is 0.226. The number of thioether (sulfide) groups is 1. The third-order valence-corrected chi connectivity index (χ3v) is 4.26. The monoisotopic (exact) mass is 306 g/mol. The molecule has 0 saturated heterocycles. The number of aromatic nitrogens is 2. The average Bonchev–Trinajstić information content (AvgIpc) is 2.48. The van der Waals surface area contributed by atoms with Crippen molar-refractivity contribution in [3.05, 3.63) is 41.7 Å². The molecular weight excluding hydrogens is 292 g/mol. The number of benzene rings is 1. The molecule has 0 aliphatic heterocycles. The molecule has 0 spiro atoms. The van der Waals surface area contributed by atoms with Gasteiger partial charge in [-0.05, 0) is 42.6 Å². The summed E-state index contributed by atoms with van der Waals surface area (Å²) in [6.45, 7) is 1.94. The van der Waals surface area contributed by atoms with Gasteiger partial charge < -0.3 is 10.9 Å². The second kappa shape index (κ2) is 6.62. The first-order chi connectivity index (χ1) is 9.65. The number of hydrogen-bond donors (Lipinski definition) is 2. The number of rotatable bonds is 4. The predicted octanol–water partition coefficient (Wildman–Crippen LogP) is 2.75. The summed E-state index contributed by atoms with van der Waals surface area (Å²) in [5.41, 5.74) is 7.49. The standard InChI is InChI=1S/C13H14N4OS2/c1-8-6-15-13(16-7-8)20-10-5-3-4-9(19-2)11(10)12(14)17-18/h3-7,18H,1-2H3,(H2,14,17). The highest BCUT2D eigenvalue weighted by atomic mass is 32.2. The maximum Gasteiger partial charge on any atom is 0.192 e. The molecule has 0 radical (unpaired) electrons. The molecule has 2 rings (SSSR count). The van der Waals surface area contributed by atoms with Crippen molar-refractivity contribution in [1.29, 1.82) is 0 Å². The van der Waals surface area contributed by atoms with Crippen LogP contribution in [0.1, 0.15) is 11.1 Å². The van der Waals surface area contributed by atoms with Crippen molar-refractivity contribution in [2.45, 2.75) is 21.9 Å². The number of nitrogens with zero attached hydrogens (tertiary/aromatic N) is 3. The van der Waals surface area contributed by atoms with Gasteiger partial charge in [0.25, 0.3) is 0 Å². The fraction of sp³-hybridized carbons (Fsp3) is 0.154. The van der Waals surface area contributed by atoms with Gasteiger partial charge >= 0.3 is 0 Å². The highest BCUT2D eigenvalue weighted by molar-refractivity contribution is 7.99. The molecule has 1 aromatic carbocycles. The van der Waals surface area contributed by atoms with E-state index in [1.54, 1.807) is 24.2 Å². The molecule has 2 aromatic rings. The number of amidine groups is 1. The molecule has 20 heavy (non-hydrogen) atoms. The summed E-state index contributed by atoms with van der Waals surface area (Å²) in [6.07, 6.45) is 5.47. The largest absolute Gasteiger partial charge is 0.409 e. The normalized spacial score (nSPS) is 11.6. The molecule has 0 fully saturated rings.